The molecule has 0 radical (unpaired) electrons. The molecule has 2 rings (SSSR count). The zero-order chi connectivity index (χ0) is 14.9. The number of carbonyl (C=O) groups is 2. The van der Waals surface area contributed by atoms with Gasteiger partial charge in [0.05, 0.1) is 7.11 Å². The Hall–Kier alpha value is -1.30. The predicted molar refractivity (Wildman–Crippen MR) is 78.6 cm³/mol. The maximum atomic E-state index is 12.7. The molecule has 1 aliphatic heterocycles. The van der Waals surface area contributed by atoms with E-state index in [0.29, 0.717) is 18.7 Å². The SMILES string of the molecule is COC(=O)C1CCCN1C(=O)c1cc(Br)cn1C(C)C. The molecular weight excluding hydrogens is 324 g/mol. The zero-order valence-corrected chi connectivity index (χ0v) is 13.5. The summed E-state index contributed by atoms with van der Waals surface area (Å²) < 4.78 is 7.56. The van der Waals surface area contributed by atoms with Crippen molar-refractivity contribution in [2.24, 2.45) is 0 Å². The van der Waals surface area contributed by atoms with Crippen LogP contribution in [-0.4, -0.2) is 41.0 Å². The maximum absolute atomic E-state index is 12.7. The monoisotopic (exact) mass is 342 g/mol. The number of ether oxygens (including phenoxy) is 1. The van der Waals surface area contributed by atoms with Crippen LogP contribution in [0.3, 0.4) is 0 Å². The van der Waals surface area contributed by atoms with E-state index >= 15 is 0 Å². The average Bonchev–Trinajstić information content (AvgIpc) is 3.03. The lowest BCUT2D eigenvalue weighted by molar-refractivity contribution is -0.145. The third kappa shape index (κ3) is 2.75. The largest absolute Gasteiger partial charge is 0.467 e. The highest BCUT2D eigenvalue weighted by Crippen LogP contribution is 2.25. The minimum atomic E-state index is -0.457. The Labute approximate surface area is 127 Å². The Bertz CT molecular complexity index is 524. The second-order valence-corrected chi connectivity index (χ2v) is 6.14. The summed E-state index contributed by atoms with van der Waals surface area (Å²) in [5.74, 6) is -0.449. The van der Waals surface area contributed by atoms with Crippen molar-refractivity contribution in [3.05, 3.63) is 22.4 Å². The van der Waals surface area contributed by atoms with E-state index in [4.69, 9.17) is 4.74 Å². The first kappa shape index (κ1) is 15.1. The van der Waals surface area contributed by atoms with Crippen LogP contribution in [0.2, 0.25) is 0 Å². The number of aromatic nitrogens is 1. The van der Waals surface area contributed by atoms with Gasteiger partial charge in [0.25, 0.3) is 5.91 Å². The van der Waals surface area contributed by atoms with Crippen LogP contribution in [0, 0.1) is 0 Å². The Kier molecular flexibility index (Phi) is 4.52. The third-order valence-electron chi connectivity index (χ3n) is 3.58. The summed E-state index contributed by atoms with van der Waals surface area (Å²) >= 11 is 3.40. The van der Waals surface area contributed by atoms with E-state index < -0.39 is 6.04 Å². The topological polar surface area (TPSA) is 51.5 Å². The molecule has 1 unspecified atom stereocenters. The van der Waals surface area contributed by atoms with Gasteiger partial charge in [-0.05, 0) is 48.7 Å². The molecule has 1 atom stereocenters. The smallest absolute Gasteiger partial charge is 0.328 e. The van der Waals surface area contributed by atoms with Crippen molar-refractivity contribution in [3.8, 4) is 0 Å². The lowest BCUT2D eigenvalue weighted by Crippen LogP contribution is -2.41. The Morgan fingerprint density at radius 1 is 1.45 bits per heavy atom. The molecule has 0 spiro atoms. The fourth-order valence-corrected chi connectivity index (χ4v) is 3.02. The van der Waals surface area contributed by atoms with E-state index in [-0.39, 0.29) is 17.9 Å². The highest BCUT2D eigenvalue weighted by atomic mass is 79.9. The molecule has 2 heterocycles. The van der Waals surface area contributed by atoms with Gasteiger partial charge in [-0.25, -0.2) is 4.79 Å². The number of likely N-dealkylation sites (tertiary alicyclic amines) is 1. The van der Waals surface area contributed by atoms with Gasteiger partial charge in [-0.1, -0.05) is 0 Å². The fourth-order valence-electron chi connectivity index (χ4n) is 2.58. The second-order valence-electron chi connectivity index (χ2n) is 5.22. The van der Waals surface area contributed by atoms with Crippen LogP contribution in [0.1, 0.15) is 43.2 Å². The highest BCUT2D eigenvalue weighted by molar-refractivity contribution is 9.10. The summed E-state index contributed by atoms with van der Waals surface area (Å²) in [6.45, 7) is 4.63. The van der Waals surface area contributed by atoms with Gasteiger partial charge in [0.1, 0.15) is 11.7 Å². The summed E-state index contributed by atoms with van der Waals surface area (Å²) in [5.41, 5.74) is 0.600. The second kappa shape index (κ2) is 5.99. The standard InChI is InChI=1S/C14H19BrN2O3/c1-9(2)17-8-10(15)7-12(17)13(18)16-6-4-5-11(16)14(19)20-3/h7-9,11H,4-6H2,1-3H3. The van der Waals surface area contributed by atoms with Crippen molar-refractivity contribution in [2.45, 2.75) is 38.8 Å². The van der Waals surface area contributed by atoms with E-state index in [2.05, 4.69) is 15.9 Å². The first-order valence-electron chi connectivity index (χ1n) is 6.72. The molecule has 0 aliphatic carbocycles. The Balaban J connectivity index is 2.29. The number of methoxy groups -OCH3 is 1. The molecule has 1 saturated heterocycles. The van der Waals surface area contributed by atoms with Crippen LogP contribution >= 0.6 is 15.9 Å². The molecule has 6 heteroatoms. The summed E-state index contributed by atoms with van der Waals surface area (Å²) in [5, 5.41) is 0. The number of amides is 1. The molecule has 0 aromatic carbocycles. The predicted octanol–water partition coefficient (Wildman–Crippen LogP) is 2.61. The molecule has 1 aliphatic rings. The third-order valence-corrected chi connectivity index (χ3v) is 4.01. The van der Waals surface area contributed by atoms with Crippen LogP contribution in [0.25, 0.3) is 0 Å². The number of hydrogen-bond acceptors (Lipinski definition) is 3. The number of rotatable bonds is 3. The number of nitrogens with zero attached hydrogens (tertiary/aromatic N) is 2. The minimum absolute atomic E-state index is 0.114. The fraction of sp³-hybridized carbons (Fsp3) is 0.571. The molecule has 1 amide bonds. The molecule has 0 saturated carbocycles. The summed E-state index contributed by atoms with van der Waals surface area (Å²) in [6, 6.07) is 1.52. The molecule has 20 heavy (non-hydrogen) atoms. The maximum Gasteiger partial charge on any atom is 0.328 e. The van der Waals surface area contributed by atoms with E-state index in [0.717, 1.165) is 10.9 Å². The van der Waals surface area contributed by atoms with E-state index in [1.54, 1.807) is 11.0 Å². The number of esters is 1. The van der Waals surface area contributed by atoms with Gasteiger partial charge in [0, 0.05) is 23.3 Å². The van der Waals surface area contributed by atoms with E-state index in [1.807, 2.05) is 24.6 Å². The van der Waals surface area contributed by atoms with Crippen LogP contribution in [0.5, 0.6) is 0 Å². The zero-order valence-electron chi connectivity index (χ0n) is 11.9. The van der Waals surface area contributed by atoms with Crippen molar-refractivity contribution in [1.82, 2.24) is 9.47 Å². The van der Waals surface area contributed by atoms with Gasteiger partial charge < -0.3 is 14.2 Å². The van der Waals surface area contributed by atoms with Gasteiger partial charge in [0.15, 0.2) is 0 Å². The minimum Gasteiger partial charge on any atom is -0.467 e. The van der Waals surface area contributed by atoms with Crippen LogP contribution in [-0.2, 0) is 9.53 Å². The highest BCUT2D eigenvalue weighted by Gasteiger charge is 2.36. The summed E-state index contributed by atoms with van der Waals surface area (Å²) in [7, 11) is 1.36. The van der Waals surface area contributed by atoms with Gasteiger partial charge in [-0.15, -0.1) is 0 Å². The lowest BCUT2D eigenvalue weighted by Gasteiger charge is -2.24. The van der Waals surface area contributed by atoms with Crippen molar-refractivity contribution >= 4 is 27.8 Å². The van der Waals surface area contributed by atoms with Crippen molar-refractivity contribution in [2.75, 3.05) is 13.7 Å². The normalized spacial score (nSPS) is 18.6. The van der Waals surface area contributed by atoms with Crippen molar-refractivity contribution in [1.29, 1.82) is 0 Å². The summed E-state index contributed by atoms with van der Waals surface area (Å²) in [4.78, 5) is 26.1. The first-order chi connectivity index (χ1) is 9.45. The Morgan fingerprint density at radius 2 is 2.15 bits per heavy atom. The van der Waals surface area contributed by atoms with Crippen LogP contribution in [0.4, 0.5) is 0 Å². The van der Waals surface area contributed by atoms with Crippen molar-refractivity contribution < 1.29 is 14.3 Å². The Morgan fingerprint density at radius 3 is 2.75 bits per heavy atom. The van der Waals surface area contributed by atoms with Crippen molar-refractivity contribution in [3.63, 3.8) is 0 Å². The average molecular weight is 343 g/mol. The number of halogens is 1. The van der Waals surface area contributed by atoms with Gasteiger partial charge >= 0.3 is 5.97 Å². The molecule has 110 valence electrons. The molecule has 1 aromatic rings. The lowest BCUT2D eigenvalue weighted by atomic mass is 10.2. The van der Waals surface area contributed by atoms with Gasteiger partial charge in [0.2, 0.25) is 0 Å². The van der Waals surface area contributed by atoms with E-state index in [1.165, 1.54) is 7.11 Å². The summed E-state index contributed by atoms with van der Waals surface area (Å²) in [6.07, 6.45) is 3.39. The van der Waals surface area contributed by atoms with Crippen LogP contribution in [0.15, 0.2) is 16.7 Å². The first-order valence-corrected chi connectivity index (χ1v) is 7.51. The molecule has 1 aromatic heterocycles. The molecule has 0 N–H and O–H groups in total. The molecule has 0 bridgehead atoms. The number of hydrogen-bond donors (Lipinski definition) is 0. The molecule has 5 nitrogen and oxygen atoms in total. The van der Waals surface area contributed by atoms with Crippen LogP contribution < -0.4 is 0 Å². The number of carbonyl (C=O) groups excluding carboxylic acids is 2. The van der Waals surface area contributed by atoms with Gasteiger partial charge in [-0.2, -0.15) is 0 Å². The van der Waals surface area contributed by atoms with E-state index in [9.17, 15) is 9.59 Å². The quantitative estimate of drug-likeness (QED) is 0.793. The molecular formula is C14H19BrN2O3. The molecule has 1 fully saturated rings. The van der Waals surface area contributed by atoms with Gasteiger partial charge in [-0.3, -0.25) is 4.79 Å².